The largest absolute Gasteiger partial charge is 0.481 e. The Kier molecular flexibility index (Phi) is 4.89. The second-order valence-corrected chi connectivity index (χ2v) is 4.29. The average molecular weight is 257 g/mol. The van der Waals surface area contributed by atoms with Gasteiger partial charge in [-0.25, -0.2) is 4.98 Å². The molecule has 1 aromatic heterocycles. The smallest absolute Gasteiger partial charge is 0.212 e. The number of benzene rings is 1. The topological polar surface area (TPSA) is 60.2 Å². The van der Waals surface area contributed by atoms with E-state index in [-0.39, 0.29) is 6.04 Å². The number of methoxy groups -OCH3 is 1. The average Bonchev–Trinajstić information content (AvgIpc) is 2.49. The van der Waals surface area contributed by atoms with Crippen molar-refractivity contribution in [3.05, 3.63) is 59.8 Å². The lowest BCUT2D eigenvalue weighted by molar-refractivity contribution is 0.397. The zero-order valence-corrected chi connectivity index (χ0v) is 11.0. The van der Waals surface area contributed by atoms with Crippen LogP contribution in [0.2, 0.25) is 0 Å². The minimum Gasteiger partial charge on any atom is -0.481 e. The summed E-state index contributed by atoms with van der Waals surface area (Å²) in [5, 5.41) is 3.43. The van der Waals surface area contributed by atoms with Crippen LogP contribution in [0.5, 0.6) is 5.88 Å². The molecule has 1 heterocycles. The number of hydrogen-bond acceptors (Lipinski definition) is 4. The normalized spacial score (nSPS) is 12.1. The first kappa shape index (κ1) is 13.5. The lowest BCUT2D eigenvalue weighted by Gasteiger charge is -2.17. The number of aromatic nitrogens is 1. The standard InChI is InChI=1S/C15H19N3O/c1-19-15-8-7-13(11-18-15)14(9-16)17-10-12-5-3-2-4-6-12/h2-8,11,14,17H,9-10,16H2,1H3. The predicted molar refractivity (Wildman–Crippen MR) is 75.9 cm³/mol. The second-order valence-electron chi connectivity index (χ2n) is 4.29. The molecule has 2 rings (SSSR count). The number of nitrogens with zero attached hydrogens (tertiary/aromatic N) is 1. The van der Waals surface area contributed by atoms with Gasteiger partial charge in [0.1, 0.15) is 0 Å². The summed E-state index contributed by atoms with van der Waals surface area (Å²) in [6.07, 6.45) is 1.80. The van der Waals surface area contributed by atoms with Gasteiger partial charge in [-0.3, -0.25) is 0 Å². The van der Waals surface area contributed by atoms with E-state index in [4.69, 9.17) is 10.5 Å². The lowest BCUT2D eigenvalue weighted by atomic mass is 10.1. The molecule has 4 heteroatoms. The molecule has 0 amide bonds. The molecular weight excluding hydrogens is 238 g/mol. The highest BCUT2D eigenvalue weighted by atomic mass is 16.5. The van der Waals surface area contributed by atoms with Crippen LogP contribution in [-0.4, -0.2) is 18.6 Å². The maximum Gasteiger partial charge on any atom is 0.212 e. The summed E-state index contributed by atoms with van der Waals surface area (Å²) >= 11 is 0. The van der Waals surface area contributed by atoms with Crippen LogP contribution in [-0.2, 0) is 6.54 Å². The molecule has 1 aromatic carbocycles. The van der Waals surface area contributed by atoms with E-state index in [0.717, 1.165) is 12.1 Å². The van der Waals surface area contributed by atoms with Gasteiger partial charge in [-0.05, 0) is 11.1 Å². The summed E-state index contributed by atoms with van der Waals surface area (Å²) in [4.78, 5) is 4.20. The van der Waals surface area contributed by atoms with E-state index >= 15 is 0 Å². The Bertz CT molecular complexity index is 485. The van der Waals surface area contributed by atoms with Crippen LogP contribution >= 0.6 is 0 Å². The number of rotatable bonds is 6. The van der Waals surface area contributed by atoms with E-state index in [0.29, 0.717) is 12.4 Å². The Hall–Kier alpha value is -1.91. The fourth-order valence-corrected chi connectivity index (χ4v) is 1.89. The van der Waals surface area contributed by atoms with Crippen molar-refractivity contribution in [2.24, 2.45) is 5.73 Å². The zero-order valence-electron chi connectivity index (χ0n) is 11.0. The van der Waals surface area contributed by atoms with Crippen LogP contribution in [0.3, 0.4) is 0 Å². The van der Waals surface area contributed by atoms with Gasteiger partial charge in [0.15, 0.2) is 0 Å². The number of nitrogens with two attached hydrogens (primary N) is 1. The highest BCUT2D eigenvalue weighted by Gasteiger charge is 2.09. The minimum absolute atomic E-state index is 0.0959. The molecule has 19 heavy (non-hydrogen) atoms. The maximum absolute atomic E-state index is 5.82. The Morgan fingerprint density at radius 3 is 2.58 bits per heavy atom. The molecule has 3 N–H and O–H groups in total. The first-order valence-electron chi connectivity index (χ1n) is 6.31. The van der Waals surface area contributed by atoms with Gasteiger partial charge < -0.3 is 15.8 Å². The minimum atomic E-state index is 0.0959. The van der Waals surface area contributed by atoms with E-state index in [2.05, 4.69) is 22.4 Å². The first-order chi connectivity index (χ1) is 9.33. The molecule has 0 aliphatic rings. The highest BCUT2D eigenvalue weighted by Crippen LogP contribution is 2.14. The van der Waals surface area contributed by atoms with Gasteiger partial charge in [0.05, 0.1) is 7.11 Å². The van der Waals surface area contributed by atoms with Crippen molar-refractivity contribution in [2.75, 3.05) is 13.7 Å². The summed E-state index contributed by atoms with van der Waals surface area (Å²) in [6.45, 7) is 1.32. The van der Waals surface area contributed by atoms with Crippen LogP contribution in [0, 0.1) is 0 Å². The van der Waals surface area contributed by atoms with E-state index in [1.807, 2.05) is 30.3 Å². The van der Waals surface area contributed by atoms with Gasteiger partial charge in [0.25, 0.3) is 0 Å². The first-order valence-corrected chi connectivity index (χ1v) is 6.31. The van der Waals surface area contributed by atoms with Gasteiger partial charge >= 0.3 is 0 Å². The van der Waals surface area contributed by atoms with Crippen LogP contribution < -0.4 is 15.8 Å². The van der Waals surface area contributed by atoms with Gasteiger partial charge in [-0.15, -0.1) is 0 Å². The van der Waals surface area contributed by atoms with Crippen molar-refractivity contribution in [3.63, 3.8) is 0 Å². The molecule has 0 radical (unpaired) electrons. The number of hydrogen-bond donors (Lipinski definition) is 2. The molecule has 1 unspecified atom stereocenters. The molecule has 4 nitrogen and oxygen atoms in total. The second kappa shape index (κ2) is 6.87. The van der Waals surface area contributed by atoms with E-state index in [9.17, 15) is 0 Å². The summed E-state index contributed by atoms with van der Waals surface area (Å²) in [5.41, 5.74) is 8.13. The molecular formula is C15H19N3O. The summed E-state index contributed by atoms with van der Waals surface area (Å²) in [5.74, 6) is 0.614. The SMILES string of the molecule is COc1ccc(C(CN)NCc2ccccc2)cn1. The van der Waals surface area contributed by atoms with Crippen molar-refractivity contribution < 1.29 is 4.74 Å². The molecule has 2 aromatic rings. The molecule has 0 aliphatic carbocycles. The van der Waals surface area contributed by atoms with Gasteiger partial charge in [0.2, 0.25) is 5.88 Å². The Labute approximate surface area is 113 Å². The highest BCUT2D eigenvalue weighted by molar-refractivity contribution is 5.22. The van der Waals surface area contributed by atoms with Crippen LogP contribution in [0.25, 0.3) is 0 Å². The molecule has 0 saturated heterocycles. The van der Waals surface area contributed by atoms with Crippen LogP contribution in [0.15, 0.2) is 48.7 Å². The number of ether oxygens (including phenoxy) is 1. The fourth-order valence-electron chi connectivity index (χ4n) is 1.89. The van der Waals surface area contributed by atoms with Gasteiger partial charge in [-0.1, -0.05) is 36.4 Å². The van der Waals surface area contributed by atoms with E-state index in [1.165, 1.54) is 5.56 Å². The van der Waals surface area contributed by atoms with Crippen LogP contribution in [0.4, 0.5) is 0 Å². The molecule has 1 atom stereocenters. The van der Waals surface area contributed by atoms with Gasteiger partial charge in [-0.2, -0.15) is 0 Å². The van der Waals surface area contributed by atoms with E-state index in [1.54, 1.807) is 13.3 Å². The third-order valence-corrected chi connectivity index (χ3v) is 3.00. The Balaban J connectivity index is 1.99. The fraction of sp³-hybridized carbons (Fsp3) is 0.267. The summed E-state index contributed by atoms with van der Waals surface area (Å²) < 4.78 is 5.05. The molecule has 0 saturated carbocycles. The molecule has 0 bridgehead atoms. The van der Waals surface area contributed by atoms with Crippen molar-refractivity contribution in [1.82, 2.24) is 10.3 Å². The third-order valence-electron chi connectivity index (χ3n) is 3.00. The summed E-state index contributed by atoms with van der Waals surface area (Å²) in [6, 6.07) is 14.2. The Morgan fingerprint density at radius 1 is 1.21 bits per heavy atom. The van der Waals surface area contributed by atoms with Crippen molar-refractivity contribution in [3.8, 4) is 5.88 Å². The predicted octanol–water partition coefficient (Wildman–Crippen LogP) is 1.88. The third kappa shape index (κ3) is 3.77. The number of pyridine rings is 1. The molecule has 0 aliphatic heterocycles. The number of nitrogens with one attached hydrogen (secondary N) is 1. The van der Waals surface area contributed by atoms with Crippen molar-refractivity contribution in [1.29, 1.82) is 0 Å². The van der Waals surface area contributed by atoms with E-state index < -0.39 is 0 Å². The monoisotopic (exact) mass is 257 g/mol. The summed E-state index contributed by atoms with van der Waals surface area (Å²) in [7, 11) is 1.61. The van der Waals surface area contributed by atoms with Crippen molar-refractivity contribution in [2.45, 2.75) is 12.6 Å². The maximum atomic E-state index is 5.82. The molecule has 100 valence electrons. The quantitative estimate of drug-likeness (QED) is 0.829. The molecule has 0 fully saturated rings. The zero-order chi connectivity index (χ0) is 13.5. The van der Waals surface area contributed by atoms with Gasteiger partial charge in [0, 0.05) is 31.4 Å². The Morgan fingerprint density at radius 2 is 2.00 bits per heavy atom. The molecule has 0 spiro atoms. The van der Waals surface area contributed by atoms with Crippen molar-refractivity contribution >= 4 is 0 Å². The van der Waals surface area contributed by atoms with Crippen LogP contribution in [0.1, 0.15) is 17.2 Å². The lowest BCUT2D eigenvalue weighted by Crippen LogP contribution is -2.27.